The molecule has 0 atom stereocenters. The van der Waals surface area contributed by atoms with Crippen LogP contribution in [-0.2, 0) is 0 Å². The van der Waals surface area contributed by atoms with Crippen molar-refractivity contribution in [3.63, 3.8) is 0 Å². The Morgan fingerprint density at radius 1 is 1.18 bits per heavy atom. The number of carbonyl (C=O) groups excluding carboxylic acids is 1. The number of ether oxygens (including phenoxy) is 3. The van der Waals surface area contributed by atoms with Gasteiger partial charge in [-0.2, -0.15) is 9.78 Å². The highest BCUT2D eigenvalue weighted by molar-refractivity contribution is 5.96. The van der Waals surface area contributed by atoms with Gasteiger partial charge in [-0.25, -0.2) is 0 Å². The maximum Gasteiger partial charge on any atom is 0.307 e. The summed E-state index contributed by atoms with van der Waals surface area (Å²) in [4.78, 5) is 22.4. The Morgan fingerprint density at radius 2 is 1.77 bits per heavy atom. The van der Waals surface area contributed by atoms with Gasteiger partial charge in [0.25, 0.3) is 5.91 Å². The van der Waals surface area contributed by atoms with Crippen LogP contribution in [-0.4, -0.2) is 41.9 Å². The zero-order chi connectivity index (χ0) is 16.3. The van der Waals surface area contributed by atoms with Crippen LogP contribution >= 0.6 is 0 Å². The second-order valence-electron chi connectivity index (χ2n) is 4.12. The number of hydrogen-bond acceptors (Lipinski definition) is 7. The maximum atomic E-state index is 12.3. The molecule has 0 saturated carbocycles. The quantitative estimate of drug-likeness (QED) is 0.608. The summed E-state index contributed by atoms with van der Waals surface area (Å²) in [6.45, 7) is 0. The molecule has 0 amide bonds. The largest absolute Gasteiger partial charge is 0.493 e. The van der Waals surface area contributed by atoms with Crippen LogP contribution in [0, 0.1) is 10.1 Å². The molecule has 9 heteroatoms. The van der Waals surface area contributed by atoms with Crippen LogP contribution in [0.2, 0.25) is 0 Å². The van der Waals surface area contributed by atoms with Crippen molar-refractivity contribution in [2.24, 2.45) is 0 Å². The minimum absolute atomic E-state index is 0.187. The maximum absolute atomic E-state index is 12.3. The van der Waals surface area contributed by atoms with E-state index >= 15 is 0 Å². The van der Waals surface area contributed by atoms with Gasteiger partial charge in [-0.1, -0.05) is 0 Å². The zero-order valence-corrected chi connectivity index (χ0v) is 12.1. The molecule has 1 heterocycles. The second kappa shape index (κ2) is 6.12. The van der Waals surface area contributed by atoms with Crippen LogP contribution in [0.5, 0.6) is 17.2 Å². The fourth-order valence-corrected chi connectivity index (χ4v) is 1.86. The predicted molar refractivity (Wildman–Crippen MR) is 74.7 cm³/mol. The molecule has 2 aromatic rings. The SMILES string of the molecule is COc1cc(C(=O)n2cc([N+](=O)[O-])cn2)cc(OC)c1OC. The zero-order valence-electron chi connectivity index (χ0n) is 12.1. The van der Waals surface area contributed by atoms with Crippen molar-refractivity contribution in [2.75, 3.05) is 21.3 Å². The summed E-state index contributed by atoms with van der Waals surface area (Å²) < 4.78 is 16.3. The molecule has 116 valence electrons. The van der Waals surface area contributed by atoms with Gasteiger partial charge in [0.05, 0.1) is 26.3 Å². The van der Waals surface area contributed by atoms with Crippen molar-refractivity contribution in [2.45, 2.75) is 0 Å². The summed E-state index contributed by atoms with van der Waals surface area (Å²) in [6.07, 6.45) is 2.03. The van der Waals surface area contributed by atoms with Crippen molar-refractivity contribution in [1.82, 2.24) is 9.78 Å². The third kappa shape index (κ3) is 2.68. The van der Waals surface area contributed by atoms with E-state index in [9.17, 15) is 14.9 Å². The summed E-state index contributed by atoms with van der Waals surface area (Å²) in [5.74, 6) is 0.374. The monoisotopic (exact) mass is 307 g/mol. The van der Waals surface area contributed by atoms with Gasteiger partial charge in [-0.05, 0) is 12.1 Å². The summed E-state index contributed by atoms with van der Waals surface area (Å²) in [5.41, 5.74) is -0.0895. The first kappa shape index (κ1) is 15.3. The lowest BCUT2D eigenvalue weighted by atomic mass is 10.1. The Morgan fingerprint density at radius 3 is 2.18 bits per heavy atom. The lowest BCUT2D eigenvalue weighted by molar-refractivity contribution is -0.384. The van der Waals surface area contributed by atoms with Gasteiger partial charge in [-0.15, -0.1) is 0 Å². The molecule has 0 radical (unpaired) electrons. The van der Waals surface area contributed by atoms with E-state index in [1.165, 1.54) is 33.5 Å². The van der Waals surface area contributed by atoms with E-state index in [2.05, 4.69) is 5.10 Å². The molecule has 0 bridgehead atoms. The first-order chi connectivity index (χ1) is 10.5. The number of rotatable bonds is 5. The van der Waals surface area contributed by atoms with Crippen LogP contribution < -0.4 is 14.2 Å². The number of nitro groups is 1. The fraction of sp³-hybridized carbons (Fsp3) is 0.231. The minimum atomic E-state index is -0.633. The molecule has 0 spiro atoms. The second-order valence-corrected chi connectivity index (χ2v) is 4.12. The lowest BCUT2D eigenvalue weighted by Gasteiger charge is -2.13. The minimum Gasteiger partial charge on any atom is -0.493 e. The summed E-state index contributed by atoms with van der Waals surface area (Å²) >= 11 is 0. The first-order valence-corrected chi connectivity index (χ1v) is 6.05. The van der Waals surface area contributed by atoms with Crippen molar-refractivity contribution in [3.05, 3.63) is 40.2 Å². The molecule has 1 aromatic carbocycles. The third-order valence-electron chi connectivity index (χ3n) is 2.90. The number of nitrogens with zero attached hydrogens (tertiary/aromatic N) is 3. The molecule has 1 aromatic heterocycles. The van der Waals surface area contributed by atoms with Gasteiger partial charge >= 0.3 is 5.69 Å². The number of hydrogen-bond donors (Lipinski definition) is 0. The van der Waals surface area contributed by atoms with E-state index in [0.29, 0.717) is 17.2 Å². The number of methoxy groups -OCH3 is 3. The van der Waals surface area contributed by atoms with Crippen molar-refractivity contribution in [1.29, 1.82) is 0 Å². The van der Waals surface area contributed by atoms with E-state index in [-0.39, 0.29) is 11.3 Å². The molecule has 0 saturated heterocycles. The Bertz CT molecular complexity index is 699. The molecule has 0 N–H and O–H groups in total. The predicted octanol–water partition coefficient (Wildman–Crippen LogP) is 1.51. The average molecular weight is 307 g/mol. The summed E-state index contributed by atoms with van der Waals surface area (Å²) in [7, 11) is 4.29. The normalized spacial score (nSPS) is 10.1. The van der Waals surface area contributed by atoms with E-state index in [1.54, 1.807) is 0 Å². The van der Waals surface area contributed by atoms with Crippen LogP contribution in [0.15, 0.2) is 24.5 Å². The molecular formula is C13H13N3O6. The van der Waals surface area contributed by atoms with Gasteiger partial charge in [-0.3, -0.25) is 14.9 Å². The third-order valence-corrected chi connectivity index (χ3v) is 2.90. The van der Waals surface area contributed by atoms with E-state index in [4.69, 9.17) is 14.2 Å². The average Bonchev–Trinajstić information content (AvgIpc) is 3.02. The molecule has 2 rings (SSSR count). The molecular weight excluding hydrogens is 294 g/mol. The summed E-state index contributed by atoms with van der Waals surface area (Å²) in [5, 5.41) is 14.3. The molecule has 0 unspecified atom stereocenters. The Kier molecular flexibility index (Phi) is 4.25. The van der Waals surface area contributed by atoms with Crippen molar-refractivity contribution < 1.29 is 23.9 Å². The highest BCUT2D eigenvalue weighted by atomic mass is 16.6. The van der Waals surface area contributed by atoms with Gasteiger partial charge in [0, 0.05) is 5.56 Å². The molecule has 0 aliphatic rings. The van der Waals surface area contributed by atoms with Crippen molar-refractivity contribution in [3.8, 4) is 17.2 Å². The van der Waals surface area contributed by atoms with Gasteiger partial charge < -0.3 is 14.2 Å². The number of benzene rings is 1. The smallest absolute Gasteiger partial charge is 0.307 e. The highest BCUT2D eigenvalue weighted by Crippen LogP contribution is 2.38. The summed E-state index contributed by atoms with van der Waals surface area (Å²) in [6, 6.07) is 2.88. The van der Waals surface area contributed by atoms with Gasteiger partial charge in [0.15, 0.2) is 11.5 Å². The van der Waals surface area contributed by atoms with Gasteiger partial charge in [0.1, 0.15) is 12.4 Å². The number of aromatic nitrogens is 2. The van der Waals surface area contributed by atoms with Crippen LogP contribution in [0.3, 0.4) is 0 Å². The first-order valence-electron chi connectivity index (χ1n) is 6.05. The lowest BCUT2D eigenvalue weighted by Crippen LogP contribution is -2.13. The highest BCUT2D eigenvalue weighted by Gasteiger charge is 2.20. The van der Waals surface area contributed by atoms with E-state index < -0.39 is 10.8 Å². The molecule has 0 aliphatic carbocycles. The Hall–Kier alpha value is -3.10. The Labute approximate surface area is 125 Å². The van der Waals surface area contributed by atoms with Crippen molar-refractivity contribution >= 4 is 11.6 Å². The number of carbonyl (C=O) groups is 1. The van der Waals surface area contributed by atoms with Crippen LogP contribution in [0.4, 0.5) is 5.69 Å². The molecule has 9 nitrogen and oxygen atoms in total. The van der Waals surface area contributed by atoms with Crippen LogP contribution in [0.1, 0.15) is 10.4 Å². The Balaban J connectivity index is 2.46. The van der Waals surface area contributed by atoms with Crippen LogP contribution in [0.25, 0.3) is 0 Å². The topological polar surface area (TPSA) is 106 Å². The van der Waals surface area contributed by atoms with E-state index in [1.807, 2.05) is 0 Å². The van der Waals surface area contributed by atoms with E-state index in [0.717, 1.165) is 17.1 Å². The fourth-order valence-electron chi connectivity index (χ4n) is 1.86. The molecule has 0 aliphatic heterocycles. The molecule has 0 fully saturated rings. The standard InChI is InChI=1S/C13H13N3O6/c1-20-10-4-8(5-11(21-2)12(10)22-3)13(17)15-7-9(6-14-15)16(18)19/h4-7H,1-3H3. The van der Waals surface area contributed by atoms with Gasteiger partial charge in [0.2, 0.25) is 5.75 Å². The molecule has 22 heavy (non-hydrogen) atoms.